The van der Waals surface area contributed by atoms with Crippen molar-refractivity contribution in [2.45, 2.75) is 69.6 Å². The van der Waals surface area contributed by atoms with Gasteiger partial charge in [-0.15, -0.1) is 6.58 Å². The van der Waals surface area contributed by atoms with Crippen molar-refractivity contribution in [3.05, 3.63) is 48.1 Å². The third-order valence-electron chi connectivity index (χ3n) is 10.1. The van der Waals surface area contributed by atoms with Crippen molar-refractivity contribution in [2.75, 3.05) is 66.8 Å². The zero-order chi connectivity index (χ0) is 33.4. The third kappa shape index (κ3) is 7.63. The van der Waals surface area contributed by atoms with Crippen LogP contribution in [0.3, 0.4) is 0 Å². The van der Waals surface area contributed by atoms with Crippen molar-refractivity contribution >= 4 is 11.8 Å². The van der Waals surface area contributed by atoms with Crippen LogP contribution >= 0.6 is 0 Å². The number of hydrogen-bond donors (Lipinski definition) is 2. The third-order valence-corrected chi connectivity index (χ3v) is 10.1. The second-order valence-corrected chi connectivity index (χ2v) is 13.0. The molecule has 4 aliphatic rings. The highest BCUT2D eigenvalue weighted by Crippen LogP contribution is 2.61. The number of fused-ring (bicyclic) bond motifs is 2. The maximum absolute atomic E-state index is 13.3. The number of nitrogens with zero attached hydrogens (tertiary/aromatic N) is 3. The summed E-state index contributed by atoms with van der Waals surface area (Å²) in [7, 11) is 3.26. The minimum absolute atomic E-state index is 0.0856. The van der Waals surface area contributed by atoms with Crippen LogP contribution in [0.5, 0.6) is 11.5 Å². The largest absolute Gasteiger partial charge is 0.492 e. The molecule has 1 amide bonds. The van der Waals surface area contributed by atoms with Gasteiger partial charge in [0.1, 0.15) is 31.3 Å². The summed E-state index contributed by atoms with van der Waals surface area (Å²) in [5.41, 5.74) is 2.79. The molecule has 2 aliphatic heterocycles. The van der Waals surface area contributed by atoms with E-state index in [1.807, 2.05) is 12.1 Å². The zero-order valence-corrected chi connectivity index (χ0v) is 28.3. The molecule has 47 heavy (non-hydrogen) atoms. The number of ether oxygens (including phenoxy) is 4. The Labute approximate surface area is 279 Å². The Balaban J connectivity index is 1.69. The lowest BCUT2D eigenvalue weighted by molar-refractivity contribution is -0.253. The predicted octanol–water partition coefficient (Wildman–Crippen LogP) is 4.73. The van der Waals surface area contributed by atoms with Gasteiger partial charge in [-0.25, -0.2) is 4.79 Å². The minimum Gasteiger partial charge on any atom is -0.492 e. The van der Waals surface area contributed by atoms with E-state index in [1.165, 1.54) is 0 Å². The predicted molar refractivity (Wildman–Crippen MR) is 179 cm³/mol. The molecular formula is C36H53N3O8. The first kappa shape index (κ1) is 35.2. The molecule has 2 heterocycles. The minimum atomic E-state index is -1.28. The lowest BCUT2D eigenvalue weighted by atomic mass is 9.55. The van der Waals surface area contributed by atoms with Gasteiger partial charge in [-0.2, -0.15) is 0 Å². The van der Waals surface area contributed by atoms with E-state index in [2.05, 4.69) is 28.8 Å². The van der Waals surface area contributed by atoms with Crippen LogP contribution in [-0.4, -0.2) is 110 Å². The fraction of sp³-hybridized carbons (Fsp3) is 0.667. The van der Waals surface area contributed by atoms with Crippen LogP contribution in [0.1, 0.15) is 63.4 Å². The van der Waals surface area contributed by atoms with Crippen molar-refractivity contribution in [1.82, 2.24) is 9.80 Å². The number of hydrogen-bond acceptors (Lipinski definition) is 10. The Morgan fingerprint density at radius 3 is 2.64 bits per heavy atom. The number of rotatable bonds is 18. The highest BCUT2D eigenvalue weighted by atomic mass is 16.7. The number of aliphatic hydroxyl groups excluding tert-OH is 2. The van der Waals surface area contributed by atoms with Gasteiger partial charge in [-0.3, -0.25) is 4.90 Å². The smallest absolute Gasteiger partial charge is 0.409 e. The van der Waals surface area contributed by atoms with Gasteiger partial charge in [0.15, 0.2) is 0 Å². The van der Waals surface area contributed by atoms with E-state index in [0.717, 1.165) is 74.3 Å². The maximum atomic E-state index is 13.3. The number of oxime groups is 1. The lowest BCUT2D eigenvalue weighted by Crippen LogP contribution is -2.69. The van der Waals surface area contributed by atoms with Crippen LogP contribution in [0.4, 0.5) is 4.79 Å². The summed E-state index contributed by atoms with van der Waals surface area (Å²) in [6.07, 6.45) is 8.84. The van der Waals surface area contributed by atoms with E-state index in [1.54, 1.807) is 32.1 Å². The summed E-state index contributed by atoms with van der Waals surface area (Å²) in [5, 5.41) is 23.9. The van der Waals surface area contributed by atoms with Gasteiger partial charge < -0.3 is 38.9 Å². The van der Waals surface area contributed by atoms with Gasteiger partial charge in [-0.05, 0) is 68.2 Å². The van der Waals surface area contributed by atoms with Crippen molar-refractivity contribution in [3.8, 4) is 11.5 Å². The summed E-state index contributed by atoms with van der Waals surface area (Å²) in [4.78, 5) is 22.7. The van der Waals surface area contributed by atoms with Crippen LogP contribution in [0.25, 0.3) is 0 Å². The molecule has 1 aromatic rings. The molecule has 1 saturated carbocycles. The van der Waals surface area contributed by atoms with Gasteiger partial charge in [0.2, 0.25) is 5.79 Å². The number of allylic oxidation sites excluding steroid dienone is 1. The highest BCUT2D eigenvalue weighted by Gasteiger charge is 2.65. The van der Waals surface area contributed by atoms with Gasteiger partial charge in [-0.1, -0.05) is 30.1 Å². The number of carbonyl (C=O) groups excluding carboxylic acids is 1. The van der Waals surface area contributed by atoms with E-state index >= 15 is 0 Å². The average molecular weight is 656 g/mol. The standard InChI is InChI=1S/C36H53N3O8/c1-5-20-46-36-32(38(3)35(42)44-6-2)24-30(37-43-4)28-22-25(11-7-9-18-40)27(12-8-10-19-41)33(34(28)36)29-23-26(13-14-31(29)47-36)45-21-17-39-15-16-39/h5,13-14,22-23,25,27,32-34,40-41H,1,6-12,15-21,24H2,2-4H3. The first-order valence-corrected chi connectivity index (χ1v) is 17.3. The summed E-state index contributed by atoms with van der Waals surface area (Å²) in [6, 6.07) is 5.45. The highest BCUT2D eigenvalue weighted by molar-refractivity contribution is 6.02. The monoisotopic (exact) mass is 655 g/mol. The SMILES string of the molecule is C=CCOC12Oc3ccc(OCCN4CC4)cc3C3C(CCCCO)C(CCCCO)C=C(C(=NOC)CC1N(C)C(=O)OCC)C32. The molecule has 11 nitrogen and oxygen atoms in total. The van der Waals surface area contributed by atoms with E-state index in [-0.39, 0.29) is 50.1 Å². The molecule has 6 atom stereocenters. The normalized spacial score (nSPS) is 28.4. The van der Waals surface area contributed by atoms with Crippen LogP contribution in [-0.2, 0) is 14.3 Å². The quantitative estimate of drug-likeness (QED) is 0.100. The molecule has 1 saturated heterocycles. The van der Waals surface area contributed by atoms with E-state index in [0.29, 0.717) is 25.2 Å². The molecule has 5 rings (SSSR count). The van der Waals surface area contributed by atoms with E-state index in [9.17, 15) is 15.0 Å². The van der Waals surface area contributed by atoms with Gasteiger partial charge in [0.05, 0.1) is 24.8 Å². The van der Waals surface area contributed by atoms with Crippen molar-refractivity contribution in [2.24, 2.45) is 22.9 Å². The average Bonchev–Trinajstić information content (AvgIpc) is 3.90. The Kier molecular flexibility index (Phi) is 12.2. The number of carbonyl (C=O) groups is 1. The van der Waals surface area contributed by atoms with E-state index < -0.39 is 17.9 Å². The fourth-order valence-corrected chi connectivity index (χ4v) is 7.87. The van der Waals surface area contributed by atoms with Crippen LogP contribution in [0, 0.1) is 17.8 Å². The molecule has 0 aromatic heterocycles. The first-order chi connectivity index (χ1) is 22.9. The molecule has 2 N–H and O–H groups in total. The molecule has 0 bridgehead atoms. The second kappa shape index (κ2) is 16.3. The second-order valence-electron chi connectivity index (χ2n) is 13.0. The van der Waals surface area contributed by atoms with Crippen molar-refractivity contribution < 1.29 is 38.8 Å². The number of likely N-dealkylation sites (N-methyl/N-ethyl adjacent to an activating group) is 1. The molecule has 11 heteroatoms. The summed E-state index contributed by atoms with van der Waals surface area (Å²) in [6.45, 7) is 10.2. The fourth-order valence-electron chi connectivity index (χ4n) is 7.87. The number of benzene rings is 1. The molecule has 2 aliphatic carbocycles. The molecule has 0 spiro atoms. The van der Waals surface area contributed by atoms with Crippen LogP contribution in [0.15, 0.2) is 47.7 Å². The molecule has 1 aromatic carbocycles. The zero-order valence-electron chi connectivity index (χ0n) is 28.3. The number of unbranched alkanes of at least 4 members (excludes halogenated alkanes) is 2. The van der Waals surface area contributed by atoms with Crippen LogP contribution < -0.4 is 9.47 Å². The Morgan fingerprint density at radius 2 is 1.96 bits per heavy atom. The summed E-state index contributed by atoms with van der Waals surface area (Å²) >= 11 is 0. The molecule has 260 valence electrons. The first-order valence-electron chi connectivity index (χ1n) is 17.3. The summed E-state index contributed by atoms with van der Waals surface area (Å²) < 4.78 is 25.6. The van der Waals surface area contributed by atoms with Crippen molar-refractivity contribution in [1.29, 1.82) is 0 Å². The van der Waals surface area contributed by atoms with Gasteiger partial charge in [0.25, 0.3) is 0 Å². The van der Waals surface area contributed by atoms with Gasteiger partial charge >= 0.3 is 6.09 Å². The van der Waals surface area contributed by atoms with E-state index in [4.69, 9.17) is 23.8 Å². The molecular weight excluding hydrogens is 602 g/mol. The molecule has 2 fully saturated rings. The van der Waals surface area contributed by atoms with Crippen LogP contribution in [0.2, 0.25) is 0 Å². The summed E-state index contributed by atoms with van der Waals surface area (Å²) in [5.74, 6) is 0.111. The van der Waals surface area contributed by atoms with Crippen molar-refractivity contribution in [3.63, 3.8) is 0 Å². The Bertz CT molecular complexity index is 1280. The maximum Gasteiger partial charge on any atom is 0.409 e. The lowest BCUT2D eigenvalue weighted by Gasteiger charge is -2.59. The van der Waals surface area contributed by atoms with Gasteiger partial charge in [0, 0.05) is 57.8 Å². The Morgan fingerprint density at radius 1 is 1.19 bits per heavy atom. The topological polar surface area (TPSA) is 122 Å². The molecule has 0 radical (unpaired) electrons. The number of aliphatic hydroxyl groups is 2. The number of amides is 1. The molecule has 6 unspecified atom stereocenters. The Hall–Kier alpha value is -3.12.